The molecule has 1 saturated carbocycles. The van der Waals surface area contributed by atoms with Crippen LogP contribution in [-0.2, 0) is 11.2 Å². The molecule has 1 amide bonds. The number of guanidine groups is 1. The molecule has 35 heavy (non-hydrogen) atoms. The van der Waals surface area contributed by atoms with Crippen molar-refractivity contribution < 1.29 is 9.53 Å². The maximum atomic E-state index is 12.9. The molecule has 1 aliphatic carbocycles. The number of nitrogens with two attached hydrogens (primary N) is 2. The molecule has 0 saturated heterocycles. The smallest absolute Gasteiger partial charge is 0.350 e. The van der Waals surface area contributed by atoms with Crippen molar-refractivity contribution in [2.24, 2.45) is 17.4 Å². The Bertz CT molecular complexity index is 1120. The Hall–Kier alpha value is -3.60. The Balaban J connectivity index is 1.36. The fourth-order valence-electron chi connectivity index (χ4n) is 4.70. The molecule has 1 aliphatic heterocycles. The third-order valence-electron chi connectivity index (χ3n) is 6.57. The van der Waals surface area contributed by atoms with Crippen LogP contribution in [0.5, 0.6) is 11.5 Å². The lowest BCUT2D eigenvalue weighted by Crippen LogP contribution is -2.37. The van der Waals surface area contributed by atoms with Crippen LogP contribution in [0.15, 0.2) is 29.2 Å². The van der Waals surface area contributed by atoms with Crippen molar-refractivity contribution in [3.63, 3.8) is 0 Å². The molecular weight excluding hydrogens is 448 g/mol. The van der Waals surface area contributed by atoms with E-state index in [1.807, 2.05) is 18.2 Å². The number of aromatic nitrogens is 2. The van der Waals surface area contributed by atoms with Gasteiger partial charge in [-0.3, -0.25) is 14.8 Å². The van der Waals surface area contributed by atoms with E-state index in [4.69, 9.17) is 21.6 Å². The van der Waals surface area contributed by atoms with Gasteiger partial charge in [-0.15, -0.1) is 0 Å². The van der Waals surface area contributed by atoms with Gasteiger partial charge < -0.3 is 32.2 Å². The minimum Gasteiger partial charge on any atom is -0.450 e. The number of anilines is 2. The van der Waals surface area contributed by atoms with Crippen LogP contribution in [0, 0.1) is 11.3 Å². The monoisotopic (exact) mass is 482 g/mol. The van der Waals surface area contributed by atoms with Crippen LogP contribution in [-0.4, -0.2) is 41.1 Å². The number of fused-ring (bicyclic) bond motifs is 2. The summed E-state index contributed by atoms with van der Waals surface area (Å²) in [7, 11) is 0. The van der Waals surface area contributed by atoms with Gasteiger partial charge in [-0.1, -0.05) is 12.1 Å². The summed E-state index contributed by atoms with van der Waals surface area (Å²) in [5.41, 5.74) is 12.5. The summed E-state index contributed by atoms with van der Waals surface area (Å²) in [5, 5.41) is 16.1. The highest BCUT2D eigenvalue weighted by atomic mass is 16.5. The molecule has 8 N–H and O–H groups in total. The van der Waals surface area contributed by atoms with E-state index in [2.05, 4.69) is 20.9 Å². The minimum absolute atomic E-state index is 0.0231. The molecule has 188 valence electrons. The van der Waals surface area contributed by atoms with Crippen LogP contribution < -0.4 is 37.8 Å². The Morgan fingerprint density at radius 2 is 1.94 bits per heavy atom. The maximum Gasteiger partial charge on any atom is 0.350 e. The maximum absolute atomic E-state index is 12.9. The molecule has 0 radical (unpaired) electrons. The summed E-state index contributed by atoms with van der Waals surface area (Å²) < 4.78 is 7.76. The van der Waals surface area contributed by atoms with Crippen molar-refractivity contribution in [1.82, 2.24) is 20.2 Å². The third kappa shape index (κ3) is 5.91. The van der Waals surface area contributed by atoms with E-state index in [1.54, 1.807) is 10.8 Å². The second-order valence-corrected chi connectivity index (χ2v) is 9.04. The molecule has 2 heterocycles. The number of aryl methyl sites for hydroxylation is 1. The van der Waals surface area contributed by atoms with Gasteiger partial charge in [0.25, 0.3) is 0 Å². The van der Waals surface area contributed by atoms with Gasteiger partial charge in [0.05, 0.1) is 11.9 Å². The predicted octanol–water partition coefficient (Wildman–Crippen LogP) is 1.70. The number of ether oxygens (including phenoxy) is 1. The van der Waals surface area contributed by atoms with Gasteiger partial charge in [-0.05, 0) is 63.1 Å². The fraction of sp³-hybridized carbons (Fsp3) is 0.500. The summed E-state index contributed by atoms with van der Waals surface area (Å²) >= 11 is 0. The van der Waals surface area contributed by atoms with Crippen molar-refractivity contribution in [3.8, 4) is 11.5 Å². The van der Waals surface area contributed by atoms with Crippen molar-refractivity contribution in [2.75, 3.05) is 25.0 Å². The van der Waals surface area contributed by atoms with E-state index >= 15 is 0 Å². The highest BCUT2D eigenvalue weighted by Gasteiger charge is 2.29. The number of benzene rings is 1. The van der Waals surface area contributed by atoms with E-state index in [9.17, 15) is 9.59 Å². The molecule has 11 heteroatoms. The van der Waals surface area contributed by atoms with Crippen molar-refractivity contribution in [1.29, 1.82) is 5.41 Å². The third-order valence-corrected chi connectivity index (χ3v) is 6.57. The first kappa shape index (κ1) is 24.5. The van der Waals surface area contributed by atoms with Crippen LogP contribution >= 0.6 is 0 Å². The molecular formula is C24H34N8O3. The summed E-state index contributed by atoms with van der Waals surface area (Å²) in [6, 6.07) is 5.85. The number of hydrogen-bond donors (Lipinski definition) is 6. The summed E-state index contributed by atoms with van der Waals surface area (Å²) in [5.74, 6) is 1.55. The quantitative estimate of drug-likeness (QED) is 0.152. The first-order valence-electron chi connectivity index (χ1n) is 12.2. The first-order chi connectivity index (χ1) is 17.0. The van der Waals surface area contributed by atoms with Crippen molar-refractivity contribution in [3.05, 3.63) is 40.4 Å². The molecule has 1 aromatic heterocycles. The predicted molar refractivity (Wildman–Crippen MR) is 134 cm³/mol. The second-order valence-electron chi connectivity index (χ2n) is 9.04. The molecule has 1 aromatic carbocycles. The average molecular weight is 483 g/mol. The van der Waals surface area contributed by atoms with Gasteiger partial charge in [0.15, 0.2) is 23.3 Å². The van der Waals surface area contributed by atoms with E-state index < -0.39 is 0 Å². The lowest BCUT2D eigenvalue weighted by atomic mass is 9.85. The molecule has 2 aromatic rings. The molecule has 0 bridgehead atoms. The second kappa shape index (κ2) is 11.2. The highest BCUT2D eigenvalue weighted by molar-refractivity contribution is 5.78. The lowest BCUT2D eigenvalue weighted by Gasteiger charge is -2.30. The number of rotatable bonds is 9. The van der Waals surface area contributed by atoms with E-state index in [0.717, 1.165) is 36.9 Å². The number of nitrogens with one attached hydrogen (secondary N) is 4. The van der Waals surface area contributed by atoms with Gasteiger partial charge in [0, 0.05) is 25.0 Å². The summed E-state index contributed by atoms with van der Waals surface area (Å²) in [6.45, 7) is 1.69. The number of nitrogens with zero attached hydrogens (tertiary/aromatic N) is 2. The van der Waals surface area contributed by atoms with Gasteiger partial charge in [0.1, 0.15) is 0 Å². The van der Waals surface area contributed by atoms with Crippen LogP contribution in [0.1, 0.15) is 50.1 Å². The topological polar surface area (TPSA) is 173 Å². The van der Waals surface area contributed by atoms with Gasteiger partial charge in [0.2, 0.25) is 5.91 Å². The molecule has 2 aliphatic rings. The SMILES string of the molecule is N=C(N)NCCCNC(=O)C1CCC(n2cc3c(nc2=O)Nc2c(CCCN)cccc2O3)CC1. The Morgan fingerprint density at radius 3 is 2.69 bits per heavy atom. The number of hydrogen-bond acceptors (Lipinski definition) is 7. The van der Waals surface area contributed by atoms with Gasteiger partial charge >= 0.3 is 5.69 Å². The fourth-order valence-corrected chi connectivity index (χ4v) is 4.70. The Kier molecular flexibility index (Phi) is 7.86. The normalized spacial score (nSPS) is 18.4. The molecule has 11 nitrogen and oxygen atoms in total. The van der Waals surface area contributed by atoms with E-state index in [-0.39, 0.29) is 29.5 Å². The molecule has 1 fully saturated rings. The Morgan fingerprint density at radius 1 is 1.17 bits per heavy atom. The van der Waals surface area contributed by atoms with E-state index in [0.29, 0.717) is 56.2 Å². The van der Waals surface area contributed by atoms with Gasteiger partial charge in [-0.2, -0.15) is 4.98 Å². The zero-order chi connectivity index (χ0) is 24.8. The number of amides is 1. The van der Waals surface area contributed by atoms with Crippen molar-refractivity contribution in [2.45, 2.75) is 51.0 Å². The van der Waals surface area contributed by atoms with Crippen LogP contribution in [0.3, 0.4) is 0 Å². The van der Waals surface area contributed by atoms with Crippen LogP contribution in [0.25, 0.3) is 0 Å². The lowest BCUT2D eigenvalue weighted by molar-refractivity contribution is -0.126. The molecule has 4 rings (SSSR count). The van der Waals surface area contributed by atoms with Crippen LogP contribution in [0.4, 0.5) is 11.5 Å². The molecule has 0 unspecified atom stereocenters. The Labute approximate surface area is 204 Å². The number of para-hydroxylation sites is 1. The number of carbonyl (C=O) groups excluding carboxylic acids is 1. The summed E-state index contributed by atoms with van der Waals surface area (Å²) in [6.07, 6.45) is 6.96. The van der Waals surface area contributed by atoms with Crippen LogP contribution in [0.2, 0.25) is 0 Å². The van der Waals surface area contributed by atoms with Crippen molar-refractivity contribution >= 4 is 23.4 Å². The molecule has 0 spiro atoms. The minimum atomic E-state index is -0.325. The standard InChI is InChI=1S/C24H34N8O3/c25-11-2-5-15-4-1-6-18-20(15)30-21-19(35-18)14-32(24(34)31-21)17-9-7-16(8-10-17)22(33)28-12-3-13-29-23(26)27/h1,4,6,14,16-17H,2-3,5,7-13,25H2,(H,28,33)(H4,26,27,29)(H,30,31,34). The van der Waals surface area contributed by atoms with Gasteiger partial charge in [-0.25, -0.2) is 4.79 Å². The zero-order valence-corrected chi connectivity index (χ0v) is 19.8. The first-order valence-corrected chi connectivity index (χ1v) is 12.2. The summed E-state index contributed by atoms with van der Waals surface area (Å²) in [4.78, 5) is 29.6. The van der Waals surface area contributed by atoms with E-state index in [1.165, 1.54) is 0 Å². The number of carbonyl (C=O) groups is 1. The highest BCUT2D eigenvalue weighted by Crippen LogP contribution is 2.43. The molecule has 0 atom stereocenters. The zero-order valence-electron chi connectivity index (χ0n) is 19.8. The largest absolute Gasteiger partial charge is 0.450 e. The average Bonchev–Trinajstić information content (AvgIpc) is 2.85.